The Balaban J connectivity index is 2.23. The van der Waals surface area contributed by atoms with Crippen LogP contribution in [0.3, 0.4) is 0 Å². The van der Waals surface area contributed by atoms with Crippen LogP contribution in [0.1, 0.15) is 32.6 Å². The molecule has 0 saturated carbocycles. The molecule has 0 aromatic carbocycles. The summed E-state index contributed by atoms with van der Waals surface area (Å²) in [6.07, 6.45) is -1.44. The van der Waals surface area contributed by atoms with Gasteiger partial charge in [0.25, 0.3) is 0 Å². The van der Waals surface area contributed by atoms with Gasteiger partial charge in [-0.25, -0.2) is 0 Å². The molecule has 0 aromatic rings. The monoisotopic (exact) mass is 252 g/mol. The summed E-state index contributed by atoms with van der Waals surface area (Å²) in [5.41, 5.74) is 5.61. The Labute approximate surface area is 101 Å². The number of alkyl halides is 3. The van der Waals surface area contributed by atoms with Gasteiger partial charge in [0, 0.05) is 0 Å². The van der Waals surface area contributed by atoms with Gasteiger partial charge < -0.3 is 10.6 Å². The van der Waals surface area contributed by atoms with Crippen LogP contribution >= 0.6 is 0 Å². The standard InChI is InChI=1S/C12H23F3N2/c1-2-10(9-16)3-6-17-7-4-11(5-8-17)12(13,14)15/h10-11H,2-9,16H2,1H3. The van der Waals surface area contributed by atoms with Crippen LogP contribution < -0.4 is 5.73 Å². The molecule has 1 rings (SSSR count). The van der Waals surface area contributed by atoms with Crippen molar-refractivity contribution in [2.24, 2.45) is 17.6 Å². The van der Waals surface area contributed by atoms with Gasteiger partial charge >= 0.3 is 6.18 Å². The lowest BCUT2D eigenvalue weighted by Gasteiger charge is -2.33. The quantitative estimate of drug-likeness (QED) is 0.815. The molecule has 0 spiro atoms. The topological polar surface area (TPSA) is 29.3 Å². The summed E-state index contributed by atoms with van der Waals surface area (Å²) in [6.45, 7) is 4.82. The highest BCUT2D eigenvalue weighted by atomic mass is 19.4. The summed E-state index contributed by atoms with van der Waals surface area (Å²) in [5.74, 6) is -0.578. The van der Waals surface area contributed by atoms with Crippen molar-refractivity contribution >= 4 is 0 Å². The van der Waals surface area contributed by atoms with Crippen molar-refractivity contribution in [1.29, 1.82) is 0 Å². The maximum absolute atomic E-state index is 12.5. The number of hydrogen-bond donors (Lipinski definition) is 1. The van der Waals surface area contributed by atoms with Gasteiger partial charge in [0.2, 0.25) is 0 Å². The van der Waals surface area contributed by atoms with Crippen LogP contribution in [-0.2, 0) is 0 Å². The Morgan fingerprint density at radius 2 is 1.88 bits per heavy atom. The Kier molecular flexibility index (Phi) is 5.73. The molecular formula is C12H23F3N2. The predicted molar refractivity (Wildman–Crippen MR) is 62.7 cm³/mol. The summed E-state index contributed by atoms with van der Waals surface area (Å²) in [7, 11) is 0. The molecule has 17 heavy (non-hydrogen) atoms. The molecule has 5 heteroatoms. The molecule has 1 saturated heterocycles. The zero-order chi connectivity index (χ0) is 12.9. The molecule has 2 nitrogen and oxygen atoms in total. The third-order valence-corrected chi connectivity index (χ3v) is 3.81. The second-order valence-corrected chi connectivity index (χ2v) is 4.96. The number of piperidine rings is 1. The highest BCUT2D eigenvalue weighted by Gasteiger charge is 2.40. The molecule has 1 aliphatic rings. The van der Waals surface area contributed by atoms with E-state index >= 15 is 0 Å². The maximum atomic E-state index is 12.5. The van der Waals surface area contributed by atoms with Gasteiger partial charge in [-0.05, 0) is 51.4 Å². The third-order valence-electron chi connectivity index (χ3n) is 3.81. The lowest BCUT2D eigenvalue weighted by molar-refractivity contribution is -0.185. The first-order valence-corrected chi connectivity index (χ1v) is 6.46. The van der Waals surface area contributed by atoms with Crippen LogP contribution in [0.25, 0.3) is 0 Å². The van der Waals surface area contributed by atoms with Crippen LogP contribution in [0.4, 0.5) is 13.2 Å². The lowest BCUT2D eigenvalue weighted by atomic mass is 9.95. The van der Waals surface area contributed by atoms with Crippen molar-refractivity contribution < 1.29 is 13.2 Å². The third kappa shape index (κ3) is 4.84. The van der Waals surface area contributed by atoms with Crippen molar-refractivity contribution in [3.8, 4) is 0 Å². The van der Waals surface area contributed by atoms with E-state index in [9.17, 15) is 13.2 Å². The molecule has 1 aliphatic heterocycles. The zero-order valence-corrected chi connectivity index (χ0v) is 10.5. The number of hydrogen-bond acceptors (Lipinski definition) is 2. The Morgan fingerprint density at radius 1 is 1.29 bits per heavy atom. The van der Waals surface area contributed by atoms with E-state index in [2.05, 4.69) is 11.8 Å². The Bertz CT molecular complexity index is 206. The molecule has 1 heterocycles. The average molecular weight is 252 g/mol. The molecule has 2 N–H and O–H groups in total. The Morgan fingerprint density at radius 3 is 2.29 bits per heavy atom. The second kappa shape index (κ2) is 6.59. The van der Waals surface area contributed by atoms with Gasteiger partial charge in [-0.15, -0.1) is 0 Å². The summed E-state index contributed by atoms with van der Waals surface area (Å²) >= 11 is 0. The van der Waals surface area contributed by atoms with Crippen molar-refractivity contribution in [3.63, 3.8) is 0 Å². The van der Waals surface area contributed by atoms with Gasteiger partial charge in [0.1, 0.15) is 0 Å². The van der Waals surface area contributed by atoms with Crippen molar-refractivity contribution in [3.05, 3.63) is 0 Å². The van der Waals surface area contributed by atoms with E-state index in [1.54, 1.807) is 0 Å². The lowest BCUT2D eigenvalue weighted by Crippen LogP contribution is -2.40. The van der Waals surface area contributed by atoms with E-state index in [-0.39, 0.29) is 12.8 Å². The smallest absolute Gasteiger partial charge is 0.330 e. The van der Waals surface area contributed by atoms with Crippen LogP contribution in [0, 0.1) is 11.8 Å². The first kappa shape index (κ1) is 14.8. The molecule has 1 fully saturated rings. The fraction of sp³-hybridized carbons (Fsp3) is 1.00. The summed E-state index contributed by atoms with van der Waals surface area (Å²) < 4.78 is 37.4. The van der Waals surface area contributed by atoms with E-state index in [1.165, 1.54) is 0 Å². The molecule has 102 valence electrons. The zero-order valence-electron chi connectivity index (χ0n) is 10.5. The van der Waals surface area contributed by atoms with Crippen LogP contribution in [0.2, 0.25) is 0 Å². The van der Waals surface area contributed by atoms with Gasteiger partial charge in [-0.2, -0.15) is 13.2 Å². The van der Waals surface area contributed by atoms with E-state index in [1.807, 2.05) is 0 Å². The molecule has 1 unspecified atom stereocenters. The maximum Gasteiger partial charge on any atom is 0.391 e. The van der Waals surface area contributed by atoms with Gasteiger partial charge in [-0.3, -0.25) is 0 Å². The van der Waals surface area contributed by atoms with Crippen molar-refractivity contribution in [2.45, 2.75) is 38.8 Å². The van der Waals surface area contributed by atoms with Crippen molar-refractivity contribution in [2.75, 3.05) is 26.2 Å². The number of nitrogens with two attached hydrogens (primary N) is 1. The van der Waals surface area contributed by atoms with Crippen LogP contribution in [0.5, 0.6) is 0 Å². The predicted octanol–water partition coefficient (Wildman–Crippen LogP) is 2.64. The molecular weight excluding hydrogens is 229 g/mol. The molecule has 0 bridgehead atoms. The molecule has 0 amide bonds. The van der Waals surface area contributed by atoms with Gasteiger partial charge in [0.05, 0.1) is 5.92 Å². The Hall–Kier alpha value is -0.290. The fourth-order valence-corrected chi connectivity index (χ4v) is 2.34. The minimum Gasteiger partial charge on any atom is -0.330 e. The summed E-state index contributed by atoms with van der Waals surface area (Å²) in [6, 6.07) is 0. The van der Waals surface area contributed by atoms with Gasteiger partial charge in [0.15, 0.2) is 0 Å². The number of rotatable bonds is 5. The SMILES string of the molecule is CCC(CN)CCN1CCC(C(F)(F)F)CC1. The van der Waals surface area contributed by atoms with Crippen molar-refractivity contribution in [1.82, 2.24) is 4.90 Å². The first-order chi connectivity index (χ1) is 7.97. The number of likely N-dealkylation sites (tertiary alicyclic amines) is 1. The molecule has 1 atom stereocenters. The number of halogens is 3. The average Bonchev–Trinajstić information content (AvgIpc) is 2.30. The summed E-state index contributed by atoms with van der Waals surface area (Å²) in [5, 5.41) is 0. The minimum atomic E-state index is -4.00. The van der Waals surface area contributed by atoms with E-state index < -0.39 is 12.1 Å². The highest BCUT2D eigenvalue weighted by Crippen LogP contribution is 2.34. The van der Waals surface area contributed by atoms with Crippen LogP contribution in [0.15, 0.2) is 0 Å². The summed E-state index contributed by atoms with van der Waals surface area (Å²) in [4.78, 5) is 2.14. The van der Waals surface area contributed by atoms with Crippen LogP contribution in [-0.4, -0.2) is 37.3 Å². The number of nitrogens with zero attached hydrogens (tertiary/aromatic N) is 1. The highest BCUT2D eigenvalue weighted by molar-refractivity contribution is 4.77. The minimum absolute atomic E-state index is 0.253. The van der Waals surface area contributed by atoms with E-state index in [0.717, 1.165) is 19.4 Å². The molecule has 0 aliphatic carbocycles. The molecule has 0 radical (unpaired) electrons. The van der Waals surface area contributed by atoms with Gasteiger partial charge in [-0.1, -0.05) is 13.3 Å². The first-order valence-electron chi connectivity index (χ1n) is 6.46. The largest absolute Gasteiger partial charge is 0.391 e. The second-order valence-electron chi connectivity index (χ2n) is 4.96. The fourth-order valence-electron chi connectivity index (χ4n) is 2.34. The van der Waals surface area contributed by atoms with E-state index in [0.29, 0.717) is 25.6 Å². The normalized spacial score (nSPS) is 21.7. The molecule has 0 aromatic heterocycles. The van der Waals surface area contributed by atoms with E-state index in [4.69, 9.17) is 5.73 Å².